The molecular weight excluding hydrogens is 374 g/mol. The van der Waals surface area contributed by atoms with Crippen molar-refractivity contribution in [3.05, 3.63) is 90.5 Å². The van der Waals surface area contributed by atoms with Crippen molar-refractivity contribution in [3.8, 4) is 0 Å². The molecule has 0 saturated heterocycles. The summed E-state index contributed by atoms with van der Waals surface area (Å²) in [5.41, 5.74) is 2.09. The van der Waals surface area contributed by atoms with Crippen molar-refractivity contribution in [2.24, 2.45) is 0 Å². The maximum Gasteiger partial charge on any atom is 0.323 e. The predicted octanol–water partition coefficient (Wildman–Crippen LogP) is 4.37. The highest BCUT2D eigenvalue weighted by molar-refractivity contribution is 7.89. The van der Waals surface area contributed by atoms with Crippen molar-refractivity contribution in [1.82, 2.24) is 4.72 Å². The van der Waals surface area contributed by atoms with Crippen LogP contribution in [0.25, 0.3) is 0 Å². The SMILES string of the molecule is CC(NS(=O)(=O)c1ccccc1)c1ccc(NC(=O)Nc2ccccc2)cc1. The van der Waals surface area contributed by atoms with Gasteiger partial charge in [-0.1, -0.05) is 48.5 Å². The molecule has 1 unspecified atom stereocenters. The van der Waals surface area contributed by atoms with Crippen LogP contribution in [0.5, 0.6) is 0 Å². The number of carbonyl (C=O) groups excluding carboxylic acids is 1. The third kappa shape index (κ3) is 5.18. The Balaban J connectivity index is 1.61. The summed E-state index contributed by atoms with van der Waals surface area (Å²) in [6.45, 7) is 1.77. The first kappa shape index (κ1) is 19.6. The van der Waals surface area contributed by atoms with Gasteiger partial charge in [0.15, 0.2) is 0 Å². The molecule has 7 heteroatoms. The van der Waals surface area contributed by atoms with Gasteiger partial charge < -0.3 is 10.6 Å². The van der Waals surface area contributed by atoms with Gasteiger partial charge in [0.25, 0.3) is 0 Å². The van der Waals surface area contributed by atoms with Crippen molar-refractivity contribution >= 4 is 27.4 Å². The number of benzene rings is 3. The number of para-hydroxylation sites is 1. The number of hydrogen-bond donors (Lipinski definition) is 3. The van der Waals surface area contributed by atoms with Gasteiger partial charge in [0.05, 0.1) is 4.90 Å². The third-order valence-electron chi connectivity index (χ3n) is 4.09. The van der Waals surface area contributed by atoms with Crippen molar-refractivity contribution in [3.63, 3.8) is 0 Å². The first-order valence-corrected chi connectivity index (χ1v) is 10.2. The molecule has 0 radical (unpaired) electrons. The van der Waals surface area contributed by atoms with Crippen LogP contribution >= 0.6 is 0 Å². The van der Waals surface area contributed by atoms with Crippen molar-refractivity contribution in [1.29, 1.82) is 0 Å². The van der Waals surface area contributed by atoms with E-state index >= 15 is 0 Å². The van der Waals surface area contributed by atoms with Crippen molar-refractivity contribution < 1.29 is 13.2 Å². The molecule has 0 heterocycles. The molecule has 144 valence electrons. The van der Waals surface area contributed by atoms with E-state index in [1.54, 1.807) is 73.7 Å². The average Bonchev–Trinajstić information content (AvgIpc) is 2.69. The number of amides is 2. The normalized spacial score (nSPS) is 12.2. The smallest absolute Gasteiger partial charge is 0.308 e. The molecular formula is C21H21N3O3S. The second kappa shape index (κ2) is 8.69. The van der Waals surface area contributed by atoms with Gasteiger partial charge in [0, 0.05) is 17.4 Å². The van der Waals surface area contributed by atoms with Crippen molar-refractivity contribution in [2.75, 3.05) is 10.6 Å². The highest BCUT2D eigenvalue weighted by Crippen LogP contribution is 2.19. The molecule has 3 rings (SSSR count). The summed E-state index contributed by atoms with van der Waals surface area (Å²) in [5, 5.41) is 5.48. The number of rotatable bonds is 6. The Kier molecular flexibility index (Phi) is 6.08. The molecule has 0 bridgehead atoms. The molecule has 3 N–H and O–H groups in total. The summed E-state index contributed by atoms with van der Waals surface area (Å²) in [7, 11) is -3.60. The maximum atomic E-state index is 12.4. The van der Waals surface area contributed by atoms with Gasteiger partial charge in [0.1, 0.15) is 0 Å². The molecule has 0 fully saturated rings. The van der Waals surface area contributed by atoms with E-state index in [-0.39, 0.29) is 10.9 Å². The van der Waals surface area contributed by atoms with Gasteiger partial charge in [-0.3, -0.25) is 0 Å². The molecule has 0 aliphatic carbocycles. The lowest BCUT2D eigenvalue weighted by atomic mass is 10.1. The fraction of sp³-hybridized carbons (Fsp3) is 0.0952. The van der Waals surface area contributed by atoms with Gasteiger partial charge in [-0.05, 0) is 48.9 Å². The molecule has 2 amide bonds. The Bertz CT molecular complexity index is 1020. The molecule has 0 spiro atoms. The summed E-state index contributed by atoms with van der Waals surface area (Å²) >= 11 is 0. The van der Waals surface area contributed by atoms with E-state index in [2.05, 4.69) is 15.4 Å². The highest BCUT2D eigenvalue weighted by Gasteiger charge is 2.18. The molecule has 1 atom stereocenters. The Labute approximate surface area is 164 Å². The third-order valence-corrected chi connectivity index (χ3v) is 5.64. The quantitative estimate of drug-likeness (QED) is 0.579. The largest absolute Gasteiger partial charge is 0.323 e. The van der Waals surface area contributed by atoms with E-state index in [0.29, 0.717) is 11.4 Å². The number of hydrogen-bond acceptors (Lipinski definition) is 3. The Morgan fingerprint density at radius 2 is 1.25 bits per heavy atom. The lowest BCUT2D eigenvalue weighted by Gasteiger charge is -2.15. The van der Waals surface area contributed by atoms with Gasteiger partial charge in [-0.25, -0.2) is 17.9 Å². The molecule has 28 heavy (non-hydrogen) atoms. The fourth-order valence-corrected chi connectivity index (χ4v) is 3.89. The minimum atomic E-state index is -3.60. The molecule has 6 nitrogen and oxygen atoms in total. The molecule has 3 aromatic carbocycles. The van der Waals surface area contributed by atoms with E-state index in [1.165, 1.54) is 0 Å². The van der Waals surface area contributed by atoms with Gasteiger partial charge in [-0.15, -0.1) is 0 Å². The number of urea groups is 1. The zero-order valence-corrected chi connectivity index (χ0v) is 16.1. The molecule has 3 aromatic rings. The summed E-state index contributed by atoms with van der Waals surface area (Å²) in [6.07, 6.45) is 0. The predicted molar refractivity (Wildman–Crippen MR) is 111 cm³/mol. The van der Waals surface area contributed by atoms with Gasteiger partial charge in [-0.2, -0.15) is 0 Å². The van der Waals surface area contributed by atoms with E-state index in [0.717, 1.165) is 5.56 Å². The highest BCUT2D eigenvalue weighted by atomic mass is 32.2. The van der Waals surface area contributed by atoms with Crippen LogP contribution < -0.4 is 15.4 Å². The minimum Gasteiger partial charge on any atom is -0.308 e. The fourth-order valence-electron chi connectivity index (χ4n) is 2.64. The topological polar surface area (TPSA) is 87.3 Å². The summed E-state index contributed by atoms with van der Waals surface area (Å²) < 4.78 is 27.5. The zero-order valence-electron chi connectivity index (χ0n) is 15.3. The van der Waals surface area contributed by atoms with E-state index < -0.39 is 16.1 Å². The van der Waals surface area contributed by atoms with Crippen LogP contribution in [-0.2, 0) is 10.0 Å². The second-order valence-electron chi connectivity index (χ2n) is 6.22. The number of anilines is 2. The summed E-state index contributed by atoms with van der Waals surface area (Å²) in [4.78, 5) is 12.3. The van der Waals surface area contributed by atoms with Crippen LogP contribution in [0.4, 0.5) is 16.2 Å². The van der Waals surface area contributed by atoms with Crippen LogP contribution in [0.15, 0.2) is 89.8 Å². The first-order chi connectivity index (χ1) is 13.4. The first-order valence-electron chi connectivity index (χ1n) is 8.74. The lowest BCUT2D eigenvalue weighted by molar-refractivity contribution is 0.262. The van der Waals surface area contributed by atoms with Crippen molar-refractivity contribution in [2.45, 2.75) is 17.9 Å². The zero-order chi connectivity index (χ0) is 20.0. The molecule has 0 aliphatic heterocycles. The van der Waals surface area contributed by atoms with Crippen LogP contribution in [0.1, 0.15) is 18.5 Å². The second-order valence-corrected chi connectivity index (χ2v) is 7.94. The van der Waals surface area contributed by atoms with E-state index in [1.807, 2.05) is 18.2 Å². The van der Waals surface area contributed by atoms with E-state index in [4.69, 9.17) is 0 Å². The monoisotopic (exact) mass is 395 g/mol. The van der Waals surface area contributed by atoms with Gasteiger partial charge in [0.2, 0.25) is 10.0 Å². The Morgan fingerprint density at radius 1 is 0.750 bits per heavy atom. The van der Waals surface area contributed by atoms with E-state index in [9.17, 15) is 13.2 Å². The Morgan fingerprint density at radius 3 is 1.82 bits per heavy atom. The summed E-state index contributed by atoms with van der Waals surface area (Å²) in [6, 6.07) is 23.6. The van der Waals surface area contributed by atoms with Crippen LogP contribution in [0.2, 0.25) is 0 Å². The molecule has 0 saturated carbocycles. The Hall–Kier alpha value is -3.16. The lowest BCUT2D eigenvalue weighted by Crippen LogP contribution is -2.26. The minimum absolute atomic E-state index is 0.220. The van der Waals surface area contributed by atoms with Crippen LogP contribution in [0.3, 0.4) is 0 Å². The average molecular weight is 395 g/mol. The number of carbonyl (C=O) groups is 1. The standard InChI is InChI=1S/C21H21N3O3S/c1-16(24-28(26,27)20-10-6-3-7-11-20)17-12-14-19(15-13-17)23-21(25)22-18-8-4-2-5-9-18/h2-16,24H,1H3,(H2,22,23,25). The van der Waals surface area contributed by atoms with Crippen LogP contribution in [-0.4, -0.2) is 14.4 Å². The van der Waals surface area contributed by atoms with Crippen LogP contribution in [0, 0.1) is 0 Å². The molecule has 0 aliphatic rings. The maximum absolute atomic E-state index is 12.4. The summed E-state index contributed by atoms with van der Waals surface area (Å²) in [5.74, 6) is 0. The molecule has 0 aromatic heterocycles. The van der Waals surface area contributed by atoms with Gasteiger partial charge >= 0.3 is 6.03 Å². The number of nitrogens with one attached hydrogen (secondary N) is 3. The number of sulfonamides is 1.